The fourth-order valence-corrected chi connectivity index (χ4v) is 3.83. The number of benzene rings is 2. The van der Waals surface area contributed by atoms with E-state index in [0.717, 1.165) is 11.1 Å². The molecule has 0 bridgehead atoms. The number of amides is 1. The van der Waals surface area contributed by atoms with Crippen molar-refractivity contribution < 1.29 is 9.53 Å². The molecular formula is C23H21N3O3S. The van der Waals surface area contributed by atoms with E-state index in [1.165, 1.54) is 21.8 Å². The predicted octanol–water partition coefficient (Wildman–Crippen LogP) is 4.21. The summed E-state index contributed by atoms with van der Waals surface area (Å²) in [6.07, 6.45) is 2.75. The van der Waals surface area contributed by atoms with Crippen molar-refractivity contribution in [2.45, 2.75) is 26.4 Å². The Bertz CT molecular complexity index is 1230. The van der Waals surface area contributed by atoms with Crippen LogP contribution in [0.2, 0.25) is 0 Å². The molecule has 0 fully saturated rings. The molecular weight excluding hydrogens is 398 g/mol. The third-order valence-corrected chi connectivity index (χ3v) is 5.38. The molecule has 0 spiro atoms. The summed E-state index contributed by atoms with van der Waals surface area (Å²) in [4.78, 5) is 29.7. The predicted molar refractivity (Wildman–Crippen MR) is 118 cm³/mol. The lowest BCUT2D eigenvalue weighted by atomic mass is 10.1. The number of carbonyl (C=O) groups excluding carboxylic acids is 1. The van der Waals surface area contributed by atoms with Gasteiger partial charge in [-0.05, 0) is 36.6 Å². The molecule has 1 N–H and O–H groups in total. The first-order chi connectivity index (χ1) is 14.6. The number of fused-ring (bicyclic) bond motifs is 1. The fraction of sp³-hybridized carbons (Fsp3) is 0.174. The van der Waals surface area contributed by atoms with Crippen molar-refractivity contribution >= 4 is 27.9 Å². The summed E-state index contributed by atoms with van der Waals surface area (Å²) < 4.78 is 7.40. The van der Waals surface area contributed by atoms with E-state index < -0.39 is 0 Å². The highest BCUT2D eigenvalue weighted by molar-refractivity contribution is 7.15. The van der Waals surface area contributed by atoms with Gasteiger partial charge in [-0.25, -0.2) is 4.98 Å². The van der Waals surface area contributed by atoms with Crippen molar-refractivity contribution in [3.8, 4) is 5.75 Å². The molecule has 0 unspecified atom stereocenters. The summed E-state index contributed by atoms with van der Waals surface area (Å²) in [5.41, 5.74) is 3.15. The highest BCUT2D eigenvalue weighted by Gasteiger charge is 2.11. The number of thiazole rings is 1. The molecule has 0 aliphatic carbocycles. The normalized spacial score (nSPS) is 10.8. The number of hydrogen-bond acceptors (Lipinski definition) is 5. The minimum atomic E-state index is -0.141. The summed E-state index contributed by atoms with van der Waals surface area (Å²) in [6.45, 7) is 2.09. The Morgan fingerprint density at radius 1 is 1.17 bits per heavy atom. The standard InChI is InChI=1S/C23H21N3O3S/c1-16-7-9-20(29-15-18-14-22(28)26-11-12-30-23(26)24-18)19(13-16)25-21(27)10-8-17-5-3-2-4-6-17/h2-7,9,11-14H,8,10,15H2,1H3,(H,25,27). The van der Waals surface area contributed by atoms with E-state index in [9.17, 15) is 9.59 Å². The van der Waals surface area contributed by atoms with Gasteiger partial charge in [-0.2, -0.15) is 0 Å². The first-order valence-corrected chi connectivity index (χ1v) is 10.5. The molecule has 0 aliphatic heterocycles. The molecule has 0 saturated carbocycles. The second kappa shape index (κ2) is 8.92. The first-order valence-electron chi connectivity index (χ1n) is 9.61. The zero-order valence-corrected chi connectivity index (χ0v) is 17.3. The maximum atomic E-state index is 12.5. The SMILES string of the molecule is Cc1ccc(OCc2cc(=O)n3ccsc3n2)c(NC(=O)CCc2ccccc2)c1. The Labute approximate surface area is 177 Å². The lowest BCUT2D eigenvalue weighted by Crippen LogP contribution is -2.15. The van der Waals surface area contributed by atoms with Gasteiger partial charge in [0, 0.05) is 24.1 Å². The van der Waals surface area contributed by atoms with Crippen LogP contribution in [0, 0.1) is 6.92 Å². The summed E-state index contributed by atoms with van der Waals surface area (Å²) in [5, 5.41) is 4.76. The Morgan fingerprint density at radius 2 is 2.00 bits per heavy atom. The largest absolute Gasteiger partial charge is 0.485 e. The van der Waals surface area contributed by atoms with Gasteiger partial charge in [0.1, 0.15) is 12.4 Å². The van der Waals surface area contributed by atoms with Crippen LogP contribution in [0.5, 0.6) is 5.75 Å². The van der Waals surface area contributed by atoms with E-state index in [1.807, 2.05) is 60.8 Å². The van der Waals surface area contributed by atoms with Crippen LogP contribution < -0.4 is 15.6 Å². The van der Waals surface area contributed by atoms with Gasteiger partial charge in [-0.1, -0.05) is 36.4 Å². The van der Waals surface area contributed by atoms with Crippen molar-refractivity contribution in [1.29, 1.82) is 0 Å². The Kier molecular flexibility index (Phi) is 5.90. The number of aromatic nitrogens is 2. The summed E-state index contributed by atoms with van der Waals surface area (Å²) in [5.74, 6) is 0.465. The average molecular weight is 420 g/mol. The number of nitrogens with zero attached hydrogens (tertiary/aromatic N) is 2. The van der Waals surface area contributed by atoms with Crippen LogP contribution in [0.4, 0.5) is 5.69 Å². The Balaban J connectivity index is 1.44. The van der Waals surface area contributed by atoms with Gasteiger partial charge in [-0.15, -0.1) is 11.3 Å². The summed E-state index contributed by atoms with van der Waals surface area (Å²) in [6, 6.07) is 17.0. The van der Waals surface area contributed by atoms with Crippen molar-refractivity contribution in [3.63, 3.8) is 0 Å². The van der Waals surface area contributed by atoms with Crippen molar-refractivity contribution in [2.75, 3.05) is 5.32 Å². The van der Waals surface area contributed by atoms with Gasteiger partial charge in [0.05, 0.1) is 11.4 Å². The molecule has 152 valence electrons. The fourth-order valence-electron chi connectivity index (χ4n) is 3.10. The number of rotatable bonds is 7. The topological polar surface area (TPSA) is 72.7 Å². The van der Waals surface area contributed by atoms with Gasteiger partial charge in [0.25, 0.3) is 5.56 Å². The number of aryl methyl sites for hydroxylation is 2. The van der Waals surface area contributed by atoms with E-state index >= 15 is 0 Å². The van der Waals surface area contributed by atoms with E-state index in [-0.39, 0.29) is 18.1 Å². The smallest absolute Gasteiger partial charge is 0.258 e. The Hall–Kier alpha value is -3.45. The van der Waals surface area contributed by atoms with Crippen LogP contribution in [0.3, 0.4) is 0 Å². The third-order valence-electron chi connectivity index (χ3n) is 4.62. The molecule has 2 aromatic carbocycles. The molecule has 2 aromatic heterocycles. The number of hydrogen-bond donors (Lipinski definition) is 1. The maximum absolute atomic E-state index is 12.5. The van der Waals surface area contributed by atoms with Crippen molar-refractivity contribution in [2.24, 2.45) is 0 Å². The molecule has 7 heteroatoms. The second-order valence-electron chi connectivity index (χ2n) is 6.96. The van der Waals surface area contributed by atoms with Crippen molar-refractivity contribution in [1.82, 2.24) is 9.38 Å². The molecule has 0 saturated heterocycles. The Morgan fingerprint density at radius 3 is 2.83 bits per heavy atom. The van der Waals surface area contributed by atoms with Gasteiger partial charge in [0.2, 0.25) is 5.91 Å². The second-order valence-corrected chi connectivity index (χ2v) is 7.84. The average Bonchev–Trinajstić information content (AvgIpc) is 3.22. The highest BCUT2D eigenvalue weighted by Crippen LogP contribution is 2.27. The molecule has 4 aromatic rings. The molecule has 30 heavy (non-hydrogen) atoms. The third kappa shape index (κ3) is 4.75. The van der Waals surface area contributed by atoms with Crippen LogP contribution in [-0.4, -0.2) is 15.3 Å². The first kappa shape index (κ1) is 19.8. The lowest BCUT2D eigenvalue weighted by molar-refractivity contribution is -0.116. The minimum absolute atomic E-state index is 0.0781. The number of anilines is 1. The molecule has 1 amide bonds. The molecule has 0 radical (unpaired) electrons. The van der Waals surface area contributed by atoms with Crippen LogP contribution in [0.1, 0.15) is 23.2 Å². The van der Waals surface area contributed by atoms with E-state index in [4.69, 9.17) is 4.74 Å². The molecule has 6 nitrogen and oxygen atoms in total. The number of nitrogens with one attached hydrogen (secondary N) is 1. The molecule has 0 atom stereocenters. The van der Waals surface area contributed by atoms with Crippen molar-refractivity contribution in [3.05, 3.63) is 93.3 Å². The monoisotopic (exact) mass is 419 g/mol. The molecule has 2 heterocycles. The van der Waals surface area contributed by atoms with Gasteiger partial charge >= 0.3 is 0 Å². The zero-order chi connectivity index (χ0) is 20.9. The minimum Gasteiger partial charge on any atom is -0.485 e. The van der Waals surface area contributed by atoms with E-state index in [1.54, 1.807) is 6.20 Å². The van der Waals surface area contributed by atoms with E-state index in [0.29, 0.717) is 34.9 Å². The van der Waals surface area contributed by atoms with Crippen LogP contribution in [-0.2, 0) is 17.8 Å². The quantitative estimate of drug-likeness (QED) is 0.487. The summed E-state index contributed by atoms with van der Waals surface area (Å²) >= 11 is 1.39. The van der Waals surface area contributed by atoms with Crippen LogP contribution in [0.25, 0.3) is 4.96 Å². The van der Waals surface area contributed by atoms with Gasteiger partial charge in [0.15, 0.2) is 4.96 Å². The zero-order valence-electron chi connectivity index (χ0n) is 16.5. The van der Waals surface area contributed by atoms with Crippen LogP contribution >= 0.6 is 11.3 Å². The lowest BCUT2D eigenvalue weighted by Gasteiger charge is -2.13. The van der Waals surface area contributed by atoms with Gasteiger partial charge < -0.3 is 10.1 Å². The van der Waals surface area contributed by atoms with Crippen LogP contribution in [0.15, 0.2) is 71.0 Å². The molecule has 0 aliphatic rings. The van der Waals surface area contributed by atoms with E-state index in [2.05, 4.69) is 10.3 Å². The number of ether oxygens (including phenoxy) is 1. The summed E-state index contributed by atoms with van der Waals surface area (Å²) in [7, 11) is 0. The highest BCUT2D eigenvalue weighted by atomic mass is 32.1. The maximum Gasteiger partial charge on any atom is 0.258 e. The number of carbonyl (C=O) groups is 1. The van der Waals surface area contributed by atoms with Gasteiger partial charge in [-0.3, -0.25) is 14.0 Å². The molecule has 4 rings (SSSR count).